The van der Waals surface area contributed by atoms with E-state index in [9.17, 15) is 4.79 Å². The highest BCUT2D eigenvalue weighted by molar-refractivity contribution is 5.94. The number of aromatic nitrogens is 1. The van der Waals surface area contributed by atoms with Crippen LogP contribution in [0.4, 0.5) is 0 Å². The van der Waals surface area contributed by atoms with Crippen molar-refractivity contribution in [1.82, 2.24) is 4.98 Å². The van der Waals surface area contributed by atoms with Gasteiger partial charge >= 0.3 is 5.97 Å². The molecule has 122 valence electrons. The van der Waals surface area contributed by atoms with E-state index in [2.05, 4.69) is 4.98 Å². The molecule has 0 saturated heterocycles. The Morgan fingerprint density at radius 3 is 2.54 bits per heavy atom. The Labute approximate surface area is 139 Å². The minimum absolute atomic E-state index is 0.207. The highest BCUT2D eigenvalue weighted by Crippen LogP contribution is 2.30. The molecule has 0 fully saturated rings. The lowest BCUT2D eigenvalue weighted by molar-refractivity contribution is 0.0594. The lowest BCUT2D eigenvalue weighted by Gasteiger charge is -2.12. The van der Waals surface area contributed by atoms with Crippen LogP contribution in [0.25, 0.3) is 10.9 Å². The fraction of sp³-hybridized carbons (Fsp3) is 0.158. The molecule has 0 aliphatic carbocycles. The largest absolute Gasteiger partial charge is 0.497 e. The quantitative estimate of drug-likeness (QED) is 0.671. The van der Waals surface area contributed by atoms with Crippen molar-refractivity contribution in [3.05, 3.63) is 65.9 Å². The van der Waals surface area contributed by atoms with Crippen molar-refractivity contribution in [1.29, 1.82) is 0 Å². The van der Waals surface area contributed by atoms with E-state index in [1.807, 2.05) is 36.4 Å². The van der Waals surface area contributed by atoms with Crippen LogP contribution in [-0.2, 0) is 11.3 Å². The molecule has 0 aliphatic heterocycles. The Morgan fingerprint density at radius 2 is 1.83 bits per heavy atom. The van der Waals surface area contributed by atoms with Crippen molar-refractivity contribution in [3.8, 4) is 11.5 Å². The monoisotopic (exact) mass is 323 g/mol. The van der Waals surface area contributed by atoms with E-state index in [-0.39, 0.29) is 5.69 Å². The summed E-state index contributed by atoms with van der Waals surface area (Å²) in [4.78, 5) is 16.2. The molecule has 24 heavy (non-hydrogen) atoms. The number of ether oxygens (including phenoxy) is 3. The third kappa shape index (κ3) is 3.30. The van der Waals surface area contributed by atoms with Gasteiger partial charge in [-0.05, 0) is 23.8 Å². The zero-order valence-corrected chi connectivity index (χ0v) is 13.5. The summed E-state index contributed by atoms with van der Waals surface area (Å²) in [6.07, 6.45) is 0. The number of esters is 1. The van der Waals surface area contributed by atoms with Gasteiger partial charge in [0.25, 0.3) is 0 Å². The first-order valence-electron chi connectivity index (χ1n) is 7.45. The topological polar surface area (TPSA) is 57.7 Å². The number of methoxy groups -OCH3 is 2. The molecule has 3 aromatic rings. The van der Waals surface area contributed by atoms with Gasteiger partial charge in [0, 0.05) is 11.5 Å². The maximum Gasteiger partial charge on any atom is 0.356 e. The average Bonchev–Trinajstić information content (AvgIpc) is 2.65. The van der Waals surface area contributed by atoms with Crippen LogP contribution in [0.2, 0.25) is 0 Å². The summed E-state index contributed by atoms with van der Waals surface area (Å²) >= 11 is 0. The molecule has 0 atom stereocenters. The van der Waals surface area contributed by atoms with Crippen molar-refractivity contribution in [2.24, 2.45) is 0 Å². The zero-order valence-electron chi connectivity index (χ0n) is 13.5. The molecule has 5 heteroatoms. The van der Waals surface area contributed by atoms with Crippen LogP contribution in [0, 0.1) is 0 Å². The number of nitrogens with zero attached hydrogens (tertiary/aromatic N) is 1. The number of rotatable bonds is 5. The van der Waals surface area contributed by atoms with Gasteiger partial charge in [-0.1, -0.05) is 30.3 Å². The van der Waals surface area contributed by atoms with Gasteiger partial charge in [0.05, 0.1) is 19.7 Å². The highest BCUT2D eigenvalue weighted by Gasteiger charge is 2.14. The van der Waals surface area contributed by atoms with Crippen LogP contribution in [0.5, 0.6) is 11.5 Å². The van der Waals surface area contributed by atoms with E-state index < -0.39 is 5.97 Å². The van der Waals surface area contributed by atoms with Gasteiger partial charge in [0.2, 0.25) is 0 Å². The molecular weight excluding hydrogens is 306 g/mol. The zero-order chi connectivity index (χ0) is 16.9. The molecule has 0 amide bonds. The molecule has 0 radical (unpaired) electrons. The van der Waals surface area contributed by atoms with Crippen molar-refractivity contribution in [2.45, 2.75) is 6.61 Å². The standard InChI is InChI=1S/C19H17NO4/c1-22-14-8-9-16-15(10-14)18(11-17(20-16)19(21)23-2)24-12-13-6-4-3-5-7-13/h3-11H,12H2,1-2H3. The first-order valence-corrected chi connectivity index (χ1v) is 7.45. The molecule has 0 saturated carbocycles. The number of hydrogen-bond acceptors (Lipinski definition) is 5. The van der Waals surface area contributed by atoms with Crippen molar-refractivity contribution < 1.29 is 19.0 Å². The minimum atomic E-state index is -0.503. The summed E-state index contributed by atoms with van der Waals surface area (Å²) in [5, 5.41) is 0.776. The average molecular weight is 323 g/mol. The normalized spacial score (nSPS) is 10.4. The number of benzene rings is 2. The van der Waals surface area contributed by atoms with Crippen LogP contribution in [0.15, 0.2) is 54.6 Å². The molecule has 1 heterocycles. The maximum absolute atomic E-state index is 11.8. The number of carbonyl (C=O) groups is 1. The number of hydrogen-bond donors (Lipinski definition) is 0. The van der Waals surface area contributed by atoms with Crippen molar-refractivity contribution in [2.75, 3.05) is 14.2 Å². The fourth-order valence-electron chi connectivity index (χ4n) is 2.36. The second kappa shape index (κ2) is 7.00. The number of pyridine rings is 1. The van der Waals surface area contributed by atoms with Crippen LogP contribution in [0.1, 0.15) is 16.1 Å². The van der Waals surface area contributed by atoms with Gasteiger partial charge in [-0.15, -0.1) is 0 Å². The summed E-state index contributed by atoms with van der Waals surface area (Å²) in [6, 6.07) is 16.8. The van der Waals surface area contributed by atoms with Crippen molar-refractivity contribution in [3.63, 3.8) is 0 Å². The molecule has 0 spiro atoms. The molecular formula is C19H17NO4. The van der Waals surface area contributed by atoms with Crippen LogP contribution in [-0.4, -0.2) is 25.2 Å². The molecule has 0 unspecified atom stereocenters. The lowest BCUT2D eigenvalue weighted by Crippen LogP contribution is -2.06. The fourth-order valence-corrected chi connectivity index (χ4v) is 2.36. The highest BCUT2D eigenvalue weighted by atomic mass is 16.5. The summed E-state index contributed by atoms with van der Waals surface area (Å²) in [6.45, 7) is 0.387. The van der Waals surface area contributed by atoms with Gasteiger partial charge < -0.3 is 14.2 Å². The smallest absolute Gasteiger partial charge is 0.356 e. The Kier molecular flexibility index (Phi) is 4.61. The van der Waals surface area contributed by atoms with Crippen LogP contribution in [0.3, 0.4) is 0 Å². The van der Waals surface area contributed by atoms with Crippen LogP contribution >= 0.6 is 0 Å². The molecule has 0 N–H and O–H groups in total. The molecule has 3 rings (SSSR count). The second-order valence-electron chi connectivity index (χ2n) is 5.15. The summed E-state index contributed by atoms with van der Waals surface area (Å²) in [5.41, 5.74) is 1.88. The van der Waals surface area contributed by atoms with Gasteiger partial charge in [-0.2, -0.15) is 0 Å². The summed E-state index contributed by atoms with van der Waals surface area (Å²) in [7, 11) is 2.93. The van der Waals surface area contributed by atoms with Gasteiger partial charge in [-0.3, -0.25) is 0 Å². The predicted octanol–water partition coefficient (Wildman–Crippen LogP) is 3.61. The maximum atomic E-state index is 11.8. The van der Waals surface area contributed by atoms with E-state index in [1.54, 1.807) is 25.3 Å². The van der Waals surface area contributed by atoms with Gasteiger partial charge in [0.1, 0.15) is 18.1 Å². The Morgan fingerprint density at radius 1 is 1.04 bits per heavy atom. The summed E-state index contributed by atoms with van der Waals surface area (Å²) in [5.74, 6) is 0.750. The molecule has 5 nitrogen and oxygen atoms in total. The third-order valence-electron chi connectivity index (χ3n) is 3.61. The first kappa shape index (κ1) is 15.8. The Balaban J connectivity index is 2.02. The Hall–Kier alpha value is -3.08. The van der Waals surface area contributed by atoms with Crippen molar-refractivity contribution >= 4 is 16.9 Å². The minimum Gasteiger partial charge on any atom is -0.497 e. The molecule has 2 aromatic carbocycles. The Bertz CT molecular complexity index is 862. The van der Waals surface area contributed by atoms with Crippen LogP contribution < -0.4 is 9.47 Å². The predicted molar refractivity (Wildman–Crippen MR) is 90.4 cm³/mol. The SMILES string of the molecule is COC(=O)c1cc(OCc2ccccc2)c2cc(OC)ccc2n1. The van der Waals surface area contributed by atoms with E-state index in [1.165, 1.54) is 7.11 Å². The lowest BCUT2D eigenvalue weighted by atomic mass is 10.1. The number of fused-ring (bicyclic) bond motifs is 1. The third-order valence-corrected chi connectivity index (χ3v) is 3.61. The van der Waals surface area contributed by atoms with E-state index in [4.69, 9.17) is 14.2 Å². The number of carbonyl (C=O) groups excluding carboxylic acids is 1. The van der Waals surface area contributed by atoms with E-state index in [0.29, 0.717) is 23.6 Å². The second-order valence-corrected chi connectivity index (χ2v) is 5.15. The molecule has 1 aromatic heterocycles. The van der Waals surface area contributed by atoms with Gasteiger partial charge in [-0.25, -0.2) is 9.78 Å². The molecule has 0 bridgehead atoms. The van der Waals surface area contributed by atoms with E-state index in [0.717, 1.165) is 10.9 Å². The van der Waals surface area contributed by atoms with E-state index >= 15 is 0 Å². The van der Waals surface area contributed by atoms with Gasteiger partial charge in [0.15, 0.2) is 5.69 Å². The molecule has 0 aliphatic rings. The summed E-state index contributed by atoms with van der Waals surface area (Å²) < 4.78 is 16.0. The first-order chi connectivity index (χ1) is 11.7.